The molecule has 1 atom stereocenters. The normalized spacial score (nSPS) is 20.7. The van der Waals surface area contributed by atoms with Gasteiger partial charge < -0.3 is 10.4 Å². The van der Waals surface area contributed by atoms with Gasteiger partial charge in [-0.05, 0) is 17.7 Å². The third-order valence-corrected chi connectivity index (χ3v) is 1.94. The Morgan fingerprint density at radius 2 is 1.92 bits per heavy atom. The van der Waals surface area contributed by atoms with E-state index in [-0.39, 0.29) is 0 Å². The van der Waals surface area contributed by atoms with Crippen LogP contribution >= 0.6 is 0 Å². The zero-order chi connectivity index (χ0) is 9.10. The van der Waals surface area contributed by atoms with Crippen molar-refractivity contribution in [3.05, 3.63) is 54.1 Å². The van der Waals surface area contributed by atoms with Crippen molar-refractivity contribution in [2.45, 2.75) is 6.23 Å². The van der Waals surface area contributed by atoms with Crippen LogP contribution in [0.4, 0.5) is 0 Å². The summed E-state index contributed by atoms with van der Waals surface area (Å²) in [6.07, 6.45) is 4.93. The van der Waals surface area contributed by atoms with E-state index in [0.29, 0.717) is 0 Å². The standard InChI is InChI=1S/C11H11NO/c13-11-8-4-7-10(12-11)9-5-2-1-3-6-9/h1-8,11-13H. The van der Waals surface area contributed by atoms with Crippen LogP contribution in [-0.4, -0.2) is 11.3 Å². The third-order valence-electron chi connectivity index (χ3n) is 1.94. The second-order valence-corrected chi connectivity index (χ2v) is 2.92. The van der Waals surface area contributed by atoms with Crippen LogP contribution in [0.2, 0.25) is 0 Å². The molecule has 2 N–H and O–H groups in total. The summed E-state index contributed by atoms with van der Waals surface area (Å²) < 4.78 is 0. The fraction of sp³-hybridized carbons (Fsp3) is 0.0909. The van der Waals surface area contributed by atoms with Crippen molar-refractivity contribution in [1.29, 1.82) is 0 Å². The molecular weight excluding hydrogens is 162 g/mol. The summed E-state index contributed by atoms with van der Waals surface area (Å²) in [4.78, 5) is 0. The van der Waals surface area contributed by atoms with Crippen LogP contribution < -0.4 is 5.32 Å². The molecule has 0 radical (unpaired) electrons. The molecule has 0 saturated heterocycles. The second kappa shape index (κ2) is 3.46. The van der Waals surface area contributed by atoms with Crippen LogP contribution in [0.25, 0.3) is 5.70 Å². The zero-order valence-corrected chi connectivity index (χ0v) is 7.14. The topological polar surface area (TPSA) is 32.3 Å². The van der Waals surface area contributed by atoms with Gasteiger partial charge in [-0.15, -0.1) is 0 Å². The molecule has 0 aliphatic carbocycles. The highest BCUT2D eigenvalue weighted by atomic mass is 16.3. The molecule has 0 bridgehead atoms. The fourth-order valence-electron chi connectivity index (χ4n) is 1.31. The summed E-state index contributed by atoms with van der Waals surface area (Å²) in [6.45, 7) is 0. The van der Waals surface area contributed by atoms with E-state index in [9.17, 15) is 5.11 Å². The molecular formula is C11H11NO. The van der Waals surface area contributed by atoms with Gasteiger partial charge in [0.05, 0.1) is 0 Å². The van der Waals surface area contributed by atoms with Gasteiger partial charge in [-0.1, -0.05) is 36.4 Å². The Kier molecular flexibility index (Phi) is 2.15. The van der Waals surface area contributed by atoms with Gasteiger partial charge in [0, 0.05) is 5.70 Å². The van der Waals surface area contributed by atoms with Crippen molar-refractivity contribution < 1.29 is 5.11 Å². The quantitative estimate of drug-likeness (QED) is 0.674. The predicted octanol–water partition coefficient (Wildman–Crippen LogP) is 1.51. The van der Waals surface area contributed by atoms with Crippen molar-refractivity contribution in [2.24, 2.45) is 0 Å². The number of nitrogens with one attached hydrogen (secondary N) is 1. The smallest absolute Gasteiger partial charge is 0.144 e. The lowest BCUT2D eigenvalue weighted by atomic mass is 10.1. The first kappa shape index (κ1) is 8.08. The minimum absolute atomic E-state index is 0.569. The number of hydrogen-bond donors (Lipinski definition) is 2. The average molecular weight is 173 g/mol. The highest BCUT2D eigenvalue weighted by molar-refractivity contribution is 5.66. The Bertz CT molecular complexity index is 340. The van der Waals surface area contributed by atoms with Gasteiger partial charge in [0.15, 0.2) is 0 Å². The molecule has 1 aliphatic rings. The highest BCUT2D eigenvalue weighted by Gasteiger charge is 2.06. The molecule has 0 fully saturated rings. The number of hydrogen-bond acceptors (Lipinski definition) is 2. The zero-order valence-electron chi connectivity index (χ0n) is 7.14. The Labute approximate surface area is 77.2 Å². The van der Waals surface area contributed by atoms with E-state index < -0.39 is 6.23 Å². The van der Waals surface area contributed by atoms with Gasteiger partial charge >= 0.3 is 0 Å². The third kappa shape index (κ3) is 1.79. The molecule has 0 saturated carbocycles. The van der Waals surface area contributed by atoms with Crippen LogP contribution in [0, 0.1) is 0 Å². The molecule has 0 amide bonds. The maximum absolute atomic E-state index is 9.30. The van der Waals surface area contributed by atoms with E-state index in [1.807, 2.05) is 42.5 Å². The largest absolute Gasteiger partial charge is 0.370 e. The Balaban J connectivity index is 2.28. The Morgan fingerprint density at radius 3 is 2.62 bits per heavy atom. The van der Waals surface area contributed by atoms with Gasteiger partial charge in [-0.25, -0.2) is 0 Å². The highest BCUT2D eigenvalue weighted by Crippen LogP contribution is 2.14. The Hall–Kier alpha value is -1.54. The molecule has 13 heavy (non-hydrogen) atoms. The number of rotatable bonds is 1. The molecule has 1 aromatic rings. The van der Waals surface area contributed by atoms with Crippen molar-refractivity contribution in [1.82, 2.24) is 5.32 Å². The summed E-state index contributed by atoms with van der Waals surface area (Å²) in [5, 5.41) is 12.3. The monoisotopic (exact) mass is 173 g/mol. The van der Waals surface area contributed by atoms with E-state index in [4.69, 9.17) is 0 Å². The van der Waals surface area contributed by atoms with Gasteiger partial charge in [-0.3, -0.25) is 0 Å². The molecule has 1 aliphatic heterocycles. The maximum Gasteiger partial charge on any atom is 0.144 e. The molecule has 2 rings (SSSR count). The lowest BCUT2D eigenvalue weighted by molar-refractivity contribution is 0.204. The van der Waals surface area contributed by atoms with Crippen molar-refractivity contribution >= 4 is 5.70 Å². The first-order valence-corrected chi connectivity index (χ1v) is 4.25. The summed E-state index contributed by atoms with van der Waals surface area (Å²) >= 11 is 0. The number of aliphatic hydroxyl groups is 1. The average Bonchev–Trinajstić information content (AvgIpc) is 2.19. The van der Waals surface area contributed by atoms with Crippen LogP contribution in [0.1, 0.15) is 5.56 Å². The minimum atomic E-state index is -0.569. The van der Waals surface area contributed by atoms with Gasteiger partial charge in [0.2, 0.25) is 0 Å². The number of benzene rings is 1. The van der Waals surface area contributed by atoms with Crippen LogP contribution in [-0.2, 0) is 0 Å². The molecule has 0 aromatic heterocycles. The van der Waals surface area contributed by atoms with E-state index in [0.717, 1.165) is 11.3 Å². The Morgan fingerprint density at radius 1 is 1.15 bits per heavy atom. The van der Waals surface area contributed by atoms with Gasteiger partial charge in [0.1, 0.15) is 6.23 Å². The minimum Gasteiger partial charge on any atom is -0.370 e. The number of allylic oxidation sites excluding steroid dienone is 2. The lowest BCUT2D eigenvalue weighted by Crippen LogP contribution is -2.26. The van der Waals surface area contributed by atoms with E-state index >= 15 is 0 Å². The van der Waals surface area contributed by atoms with Crippen LogP contribution in [0.5, 0.6) is 0 Å². The van der Waals surface area contributed by atoms with Crippen LogP contribution in [0.3, 0.4) is 0 Å². The van der Waals surface area contributed by atoms with Crippen LogP contribution in [0.15, 0.2) is 48.6 Å². The number of dihydropyridines is 1. The van der Waals surface area contributed by atoms with E-state index in [1.165, 1.54) is 0 Å². The molecule has 2 nitrogen and oxygen atoms in total. The molecule has 66 valence electrons. The number of aliphatic hydroxyl groups excluding tert-OH is 1. The second-order valence-electron chi connectivity index (χ2n) is 2.92. The molecule has 0 spiro atoms. The van der Waals surface area contributed by atoms with E-state index in [1.54, 1.807) is 6.08 Å². The predicted molar refractivity (Wildman–Crippen MR) is 52.7 cm³/mol. The van der Waals surface area contributed by atoms with Gasteiger partial charge in [0.25, 0.3) is 0 Å². The summed E-state index contributed by atoms with van der Waals surface area (Å²) in [7, 11) is 0. The van der Waals surface area contributed by atoms with Crippen molar-refractivity contribution in [3.8, 4) is 0 Å². The molecule has 1 aromatic carbocycles. The summed E-state index contributed by atoms with van der Waals surface area (Å²) in [6, 6.07) is 9.93. The fourth-order valence-corrected chi connectivity index (χ4v) is 1.31. The van der Waals surface area contributed by atoms with Gasteiger partial charge in [-0.2, -0.15) is 0 Å². The summed E-state index contributed by atoms with van der Waals surface area (Å²) in [5.41, 5.74) is 2.04. The maximum atomic E-state index is 9.30. The molecule has 1 unspecified atom stereocenters. The first-order valence-electron chi connectivity index (χ1n) is 4.25. The lowest BCUT2D eigenvalue weighted by Gasteiger charge is -2.17. The molecule has 1 heterocycles. The van der Waals surface area contributed by atoms with Crippen molar-refractivity contribution in [2.75, 3.05) is 0 Å². The van der Waals surface area contributed by atoms with Crippen molar-refractivity contribution in [3.63, 3.8) is 0 Å². The van der Waals surface area contributed by atoms with E-state index in [2.05, 4.69) is 5.32 Å². The SMILES string of the molecule is OC1C=CC=C(c2ccccc2)N1. The first-order chi connectivity index (χ1) is 6.36. The summed E-state index contributed by atoms with van der Waals surface area (Å²) in [5.74, 6) is 0. The molecule has 2 heteroatoms.